The van der Waals surface area contributed by atoms with Crippen molar-refractivity contribution in [2.75, 3.05) is 0 Å². The first-order valence-corrected chi connectivity index (χ1v) is 14.5. The van der Waals surface area contributed by atoms with E-state index in [1.54, 1.807) is 0 Å². The summed E-state index contributed by atoms with van der Waals surface area (Å²) in [6.45, 7) is 8.93. The van der Waals surface area contributed by atoms with E-state index in [0.717, 1.165) is 25.7 Å². The van der Waals surface area contributed by atoms with E-state index in [4.69, 9.17) is 0 Å². The quantitative estimate of drug-likeness (QED) is 0.253. The Labute approximate surface area is 201 Å². The zero-order valence-electron chi connectivity index (χ0n) is 20.6. The van der Waals surface area contributed by atoms with Gasteiger partial charge in [0, 0.05) is 0 Å². The molecule has 0 radical (unpaired) electrons. The SMILES string of the molecule is CCc1ccc([Si](c2ccc(CC)cc2)(c2ccc(CC)cc2)c2ccc(CC)cc2)cc1. The summed E-state index contributed by atoms with van der Waals surface area (Å²) in [5, 5.41) is 5.82. The number of hydrogen-bond donors (Lipinski definition) is 0. The van der Waals surface area contributed by atoms with Crippen LogP contribution in [0.15, 0.2) is 97.1 Å². The minimum Gasteiger partial charge on any atom is -0.0616 e. The lowest BCUT2D eigenvalue weighted by Crippen LogP contribution is -2.74. The first kappa shape index (κ1) is 23.3. The molecular weight excluding hydrogens is 412 g/mol. The third-order valence-corrected chi connectivity index (χ3v) is 12.0. The van der Waals surface area contributed by atoms with Crippen LogP contribution in [0.2, 0.25) is 0 Å². The first-order chi connectivity index (χ1) is 16.1. The van der Waals surface area contributed by atoms with Gasteiger partial charge in [-0.25, -0.2) is 0 Å². The van der Waals surface area contributed by atoms with Gasteiger partial charge in [-0.3, -0.25) is 0 Å². The van der Waals surface area contributed by atoms with E-state index in [1.807, 2.05) is 0 Å². The average molecular weight is 449 g/mol. The predicted molar refractivity (Wildman–Crippen MR) is 148 cm³/mol. The Balaban J connectivity index is 2.05. The van der Waals surface area contributed by atoms with Gasteiger partial charge < -0.3 is 0 Å². The van der Waals surface area contributed by atoms with Gasteiger partial charge in [0.25, 0.3) is 0 Å². The maximum atomic E-state index is 2.40. The molecule has 0 bridgehead atoms. The van der Waals surface area contributed by atoms with Crippen LogP contribution in [-0.2, 0) is 25.7 Å². The van der Waals surface area contributed by atoms with Crippen molar-refractivity contribution in [1.82, 2.24) is 0 Å². The summed E-state index contributed by atoms with van der Waals surface area (Å²) >= 11 is 0. The van der Waals surface area contributed by atoms with Gasteiger partial charge >= 0.3 is 0 Å². The van der Waals surface area contributed by atoms with E-state index in [9.17, 15) is 0 Å². The van der Waals surface area contributed by atoms with E-state index >= 15 is 0 Å². The van der Waals surface area contributed by atoms with Crippen LogP contribution in [0.25, 0.3) is 0 Å². The van der Waals surface area contributed by atoms with Gasteiger partial charge in [-0.1, -0.05) is 125 Å². The van der Waals surface area contributed by atoms with Crippen LogP contribution in [-0.4, -0.2) is 8.07 Å². The third-order valence-electron chi connectivity index (χ3n) is 7.18. The van der Waals surface area contributed by atoms with Gasteiger partial charge in [0.1, 0.15) is 0 Å². The van der Waals surface area contributed by atoms with E-state index in [1.165, 1.54) is 43.0 Å². The average Bonchev–Trinajstić information content (AvgIpc) is 2.90. The summed E-state index contributed by atoms with van der Waals surface area (Å²) in [7, 11) is -2.44. The highest BCUT2D eigenvalue weighted by Crippen LogP contribution is 2.13. The molecule has 0 aromatic heterocycles. The highest BCUT2D eigenvalue weighted by Gasteiger charge is 2.41. The largest absolute Gasteiger partial charge is 0.179 e. The second kappa shape index (κ2) is 10.4. The van der Waals surface area contributed by atoms with Gasteiger partial charge in [0.05, 0.1) is 0 Å². The Morgan fingerprint density at radius 2 is 0.515 bits per heavy atom. The number of aryl methyl sites for hydroxylation is 4. The number of hydrogen-bond acceptors (Lipinski definition) is 0. The molecule has 0 aliphatic carbocycles. The molecule has 0 aliphatic heterocycles. The Morgan fingerprint density at radius 3 is 0.667 bits per heavy atom. The molecule has 0 saturated carbocycles. The minimum atomic E-state index is -2.44. The molecule has 168 valence electrons. The molecule has 4 aromatic rings. The fourth-order valence-electron chi connectivity index (χ4n) is 4.96. The van der Waals surface area contributed by atoms with Crippen molar-refractivity contribution in [3.05, 3.63) is 119 Å². The lowest BCUT2D eigenvalue weighted by molar-refractivity contribution is 1.14. The third kappa shape index (κ3) is 4.47. The molecule has 0 unspecified atom stereocenters. The second-order valence-electron chi connectivity index (χ2n) is 8.95. The van der Waals surface area contributed by atoms with Crippen molar-refractivity contribution in [2.24, 2.45) is 0 Å². The highest BCUT2D eigenvalue weighted by atomic mass is 28.3. The predicted octanol–water partition coefficient (Wildman–Crippen LogP) is 5.31. The van der Waals surface area contributed by atoms with Crippen molar-refractivity contribution in [3.8, 4) is 0 Å². The smallest absolute Gasteiger partial charge is 0.0616 e. The van der Waals surface area contributed by atoms with Crippen molar-refractivity contribution in [1.29, 1.82) is 0 Å². The Hall–Kier alpha value is -2.90. The monoisotopic (exact) mass is 448 g/mol. The van der Waals surface area contributed by atoms with Gasteiger partial charge in [0.15, 0.2) is 8.07 Å². The maximum absolute atomic E-state index is 2.44. The van der Waals surface area contributed by atoms with Crippen molar-refractivity contribution >= 4 is 28.8 Å². The van der Waals surface area contributed by atoms with Gasteiger partial charge in [-0.15, -0.1) is 0 Å². The van der Waals surface area contributed by atoms with Crippen LogP contribution in [0.1, 0.15) is 49.9 Å². The zero-order chi connectivity index (χ0) is 23.3. The molecule has 33 heavy (non-hydrogen) atoms. The second-order valence-corrected chi connectivity index (χ2v) is 12.8. The molecular formula is C32H36Si. The summed E-state index contributed by atoms with van der Waals surface area (Å²) in [5.41, 5.74) is 5.58. The summed E-state index contributed by atoms with van der Waals surface area (Å²) in [4.78, 5) is 0. The molecule has 4 rings (SSSR count). The lowest BCUT2D eigenvalue weighted by Gasteiger charge is -2.35. The zero-order valence-corrected chi connectivity index (χ0v) is 21.6. The molecule has 4 aromatic carbocycles. The summed E-state index contributed by atoms with van der Waals surface area (Å²) in [6.07, 6.45) is 4.26. The fraction of sp³-hybridized carbons (Fsp3) is 0.250. The molecule has 0 saturated heterocycles. The molecule has 0 aliphatic rings. The van der Waals surface area contributed by atoms with Gasteiger partial charge in [-0.05, 0) is 68.7 Å². The first-order valence-electron chi connectivity index (χ1n) is 12.5. The minimum absolute atomic E-state index is 1.07. The van der Waals surface area contributed by atoms with Crippen LogP contribution in [0.5, 0.6) is 0 Å². The van der Waals surface area contributed by atoms with Crippen LogP contribution in [0, 0.1) is 0 Å². The van der Waals surface area contributed by atoms with Gasteiger partial charge in [0.2, 0.25) is 0 Å². The van der Waals surface area contributed by atoms with E-state index in [0.29, 0.717) is 0 Å². The maximum Gasteiger partial charge on any atom is 0.179 e. The summed E-state index contributed by atoms with van der Waals surface area (Å²) in [5.74, 6) is 0. The summed E-state index contributed by atoms with van der Waals surface area (Å²) in [6, 6.07) is 37.9. The Bertz CT molecular complexity index is 956. The molecule has 0 spiro atoms. The van der Waals surface area contributed by atoms with Crippen LogP contribution < -0.4 is 20.7 Å². The Morgan fingerprint density at radius 1 is 0.333 bits per heavy atom. The molecule has 1 heteroatoms. The standard InChI is InChI=1S/C32H36Si/c1-5-25-9-17-29(18-10-25)33(30-19-11-26(6-2)12-20-30,31-21-13-27(7-3)14-22-31)32-23-15-28(8-4)16-24-32/h9-24H,5-8H2,1-4H3. The van der Waals surface area contributed by atoms with Crippen molar-refractivity contribution in [3.63, 3.8) is 0 Å². The summed E-state index contributed by atoms with van der Waals surface area (Å²) < 4.78 is 0. The van der Waals surface area contributed by atoms with E-state index in [2.05, 4.69) is 125 Å². The molecule has 0 atom stereocenters. The van der Waals surface area contributed by atoms with Crippen molar-refractivity contribution in [2.45, 2.75) is 53.4 Å². The number of rotatable bonds is 8. The van der Waals surface area contributed by atoms with E-state index in [-0.39, 0.29) is 0 Å². The van der Waals surface area contributed by atoms with Gasteiger partial charge in [-0.2, -0.15) is 0 Å². The molecule has 0 amide bonds. The molecule has 0 N–H and O–H groups in total. The highest BCUT2D eigenvalue weighted by molar-refractivity contribution is 7.19. The lowest BCUT2D eigenvalue weighted by atomic mass is 10.2. The molecule has 0 fully saturated rings. The van der Waals surface area contributed by atoms with Crippen molar-refractivity contribution < 1.29 is 0 Å². The normalized spacial score (nSPS) is 11.5. The molecule has 0 nitrogen and oxygen atoms in total. The van der Waals surface area contributed by atoms with Crippen LogP contribution in [0.3, 0.4) is 0 Å². The van der Waals surface area contributed by atoms with E-state index < -0.39 is 8.07 Å². The van der Waals surface area contributed by atoms with Crippen LogP contribution in [0.4, 0.5) is 0 Å². The number of benzene rings is 4. The fourth-order valence-corrected chi connectivity index (χ4v) is 9.63. The van der Waals surface area contributed by atoms with Crippen LogP contribution >= 0.6 is 0 Å². The molecule has 0 heterocycles. The Kier molecular flexibility index (Phi) is 7.30. The topological polar surface area (TPSA) is 0 Å².